The Morgan fingerprint density at radius 2 is 1.86 bits per heavy atom. The van der Waals surface area contributed by atoms with E-state index in [0.29, 0.717) is 12.1 Å². The molecule has 4 nitrogen and oxygen atoms in total. The Morgan fingerprint density at radius 1 is 1.05 bits per heavy atom. The van der Waals surface area contributed by atoms with Crippen LogP contribution in [0.1, 0.15) is 60.3 Å². The zero-order chi connectivity index (χ0) is 14.2. The first-order chi connectivity index (χ1) is 10.3. The third-order valence-corrected chi connectivity index (χ3v) is 4.79. The van der Waals surface area contributed by atoms with E-state index in [9.17, 15) is 4.79 Å². The molecule has 0 saturated carbocycles. The Labute approximate surface area is 123 Å². The van der Waals surface area contributed by atoms with Crippen LogP contribution < -0.4 is 10.9 Å². The average molecular weight is 284 g/mol. The van der Waals surface area contributed by atoms with Gasteiger partial charge in [-0.2, -0.15) is 0 Å². The van der Waals surface area contributed by atoms with E-state index in [1.807, 2.05) is 6.07 Å². The standard InChI is InChI=1S/C17H20N2O2/c20-17-8-7-11-13(3-1-4-14(11)19-17)18-15-5-2-6-16-12(15)9-10-21-16/h7-10,13,15,18H,1-6H2,(H,19,20). The molecule has 0 aliphatic heterocycles. The van der Waals surface area contributed by atoms with Gasteiger partial charge in [-0.3, -0.25) is 4.79 Å². The third-order valence-electron chi connectivity index (χ3n) is 4.79. The average Bonchev–Trinajstić information content (AvgIpc) is 2.97. The maximum absolute atomic E-state index is 11.5. The lowest BCUT2D eigenvalue weighted by atomic mass is 9.88. The van der Waals surface area contributed by atoms with Crippen LogP contribution in [0.2, 0.25) is 0 Å². The minimum atomic E-state index is 0.00388. The van der Waals surface area contributed by atoms with E-state index in [4.69, 9.17) is 4.42 Å². The minimum absolute atomic E-state index is 0.00388. The Kier molecular flexibility index (Phi) is 3.19. The molecule has 2 aliphatic rings. The normalized spacial score (nSPS) is 24.4. The molecule has 0 radical (unpaired) electrons. The van der Waals surface area contributed by atoms with Crippen molar-refractivity contribution in [3.8, 4) is 0 Å². The molecule has 4 heteroatoms. The van der Waals surface area contributed by atoms with Crippen molar-refractivity contribution >= 4 is 0 Å². The zero-order valence-electron chi connectivity index (χ0n) is 12.0. The molecule has 2 aromatic heterocycles. The summed E-state index contributed by atoms with van der Waals surface area (Å²) >= 11 is 0. The van der Waals surface area contributed by atoms with Crippen LogP contribution in [0, 0.1) is 0 Å². The van der Waals surface area contributed by atoms with E-state index >= 15 is 0 Å². The predicted octanol–water partition coefficient (Wildman–Crippen LogP) is 3.01. The van der Waals surface area contributed by atoms with Gasteiger partial charge in [0.2, 0.25) is 5.56 Å². The lowest BCUT2D eigenvalue weighted by molar-refractivity contribution is 0.352. The lowest BCUT2D eigenvalue weighted by Gasteiger charge is -2.32. The number of hydrogen-bond acceptors (Lipinski definition) is 3. The van der Waals surface area contributed by atoms with Crippen LogP contribution in [0.3, 0.4) is 0 Å². The summed E-state index contributed by atoms with van der Waals surface area (Å²) < 4.78 is 5.57. The summed E-state index contributed by atoms with van der Waals surface area (Å²) in [6.45, 7) is 0. The van der Waals surface area contributed by atoms with E-state index in [-0.39, 0.29) is 5.56 Å². The molecule has 0 amide bonds. The maximum Gasteiger partial charge on any atom is 0.248 e. The predicted molar refractivity (Wildman–Crippen MR) is 80.3 cm³/mol. The molecular weight excluding hydrogens is 264 g/mol. The third kappa shape index (κ3) is 2.33. The molecule has 110 valence electrons. The van der Waals surface area contributed by atoms with Gasteiger partial charge in [-0.15, -0.1) is 0 Å². The van der Waals surface area contributed by atoms with Crippen LogP contribution in [-0.2, 0) is 12.8 Å². The highest BCUT2D eigenvalue weighted by Gasteiger charge is 2.27. The smallest absolute Gasteiger partial charge is 0.248 e. The number of aromatic amines is 1. The fourth-order valence-corrected chi connectivity index (χ4v) is 3.78. The highest BCUT2D eigenvalue weighted by atomic mass is 16.3. The molecule has 2 aliphatic carbocycles. The molecule has 2 atom stereocenters. The fourth-order valence-electron chi connectivity index (χ4n) is 3.78. The Morgan fingerprint density at radius 3 is 2.76 bits per heavy atom. The van der Waals surface area contributed by atoms with E-state index in [2.05, 4.69) is 16.4 Å². The van der Waals surface area contributed by atoms with E-state index < -0.39 is 0 Å². The first kappa shape index (κ1) is 12.9. The molecule has 0 saturated heterocycles. The number of fused-ring (bicyclic) bond motifs is 2. The van der Waals surface area contributed by atoms with Crippen LogP contribution in [0.15, 0.2) is 33.7 Å². The summed E-state index contributed by atoms with van der Waals surface area (Å²) in [5, 5.41) is 3.79. The van der Waals surface area contributed by atoms with Gasteiger partial charge in [0.25, 0.3) is 0 Å². The van der Waals surface area contributed by atoms with E-state index in [1.54, 1.807) is 12.3 Å². The molecule has 2 aromatic rings. The number of rotatable bonds is 2. The Hall–Kier alpha value is -1.81. The lowest BCUT2D eigenvalue weighted by Crippen LogP contribution is -2.32. The molecule has 0 aromatic carbocycles. The van der Waals surface area contributed by atoms with Crippen LogP contribution in [0.4, 0.5) is 0 Å². The zero-order valence-corrected chi connectivity index (χ0v) is 12.0. The number of nitrogens with one attached hydrogen (secondary N) is 2. The van der Waals surface area contributed by atoms with Gasteiger partial charge in [-0.25, -0.2) is 0 Å². The van der Waals surface area contributed by atoms with Gasteiger partial charge in [0.05, 0.1) is 6.26 Å². The maximum atomic E-state index is 11.5. The van der Waals surface area contributed by atoms with Gasteiger partial charge in [-0.1, -0.05) is 6.07 Å². The molecule has 2 unspecified atom stereocenters. The van der Waals surface area contributed by atoms with Gasteiger partial charge in [0.1, 0.15) is 5.76 Å². The summed E-state index contributed by atoms with van der Waals surface area (Å²) in [6, 6.07) is 6.43. The van der Waals surface area contributed by atoms with Crippen molar-refractivity contribution < 1.29 is 4.42 Å². The number of H-pyrrole nitrogens is 1. The second kappa shape index (κ2) is 5.19. The molecule has 0 fully saturated rings. The second-order valence-corrected chi connectivity index (χ2v) is 6.11. The number of furan rings is 1. The van der Waals surface area contributed by atoms with Gasteiger partial charge in [-0.05, 0) is 43.7 Å². The summed E-state index contributed by atoms with van der Waals surface area (Å²) in [4.78, 5) is 14.5. The molecule has 2 N–H and O–H groups in total. The van der Waals surface area contributed by atoms with Crippen molar-refractivity contribution in [1.82, 2.24) is 10.3 Å². The van der Waals surface area contributed by atoms with Crippen molar-refractivity contribution in [2.75, 3.05) is 0 Å². The molecule has 0 bridgehead atoms. The van der Waals surface area contributed by atoms with Crippen LogP contribution in [0.5, 0.6) is 0 Å². The quantitative estimate of drug-likeness (QED) is 0.891. The topological polar surface area (TPSA) is 58.0 Å². The van der Waals surface area contributed by atoms with Crippen molar-refractivity contribution in [2.45, 2.75) is 50.6 Å². The van der Waals surface area contributed by atoms with Gasteiger partial charge >= 0.3 is 0 Å². The van der Waals surface area contributed by atoms with Crippen LogP contribution >= 0.6 is 0 Å². The number of aryl methyl sites for hydroxylation is 2. The number of pyridine rings is 1. The van der Waals surface area contributed by atoms with E-state index in [1.165, 1.54) is 17.5 Å². The molecule has 4 rings (SSSR count). The van der Waals surface area contributed by atoms with Gasteiger partial charge < -0.3 is 14.7 Å². The molecule has 0 spiro atoms. The molecular formula is C17H20N2O2. The van der Waals surface area contributed by atoms with Crippen molar-refractivity contribution in [1.29, 1.82) is 0 Å². The first-order valence-corrected chi connectivity index (χ1v) is 7.85. The highest BCUT2D eigenvalue weighted by Crippen LogP contribution is 2.35. The Bertz CT molecular complexity index is 701. The summed E-state index contributed by atoms with van der Waals surface area (Å²) in [6.07, 6.45) is 8.40. The van der Waals surface area contributed by atoms with Gasteiger partial charge in [0.15, 0.2) is 0 Å². The van der Waals surface area contributed by atoms with Crippen molar-refractivity contribution in [2.24, 2.45) is 0 Å². The van der Waals surface area contributed by atoms with Crippen molar-refractivity contribution in [3.05, 3.63) is 57.4 Å². The summed E-state index contributed by atoms with van der Waals surface area (Å²) in [5.74, 6) is 1.14. The second-order valence-electron chi connectivity index (χ2n) is 6.11. The number of aromatic nitrogens is 1. The summed E-state index contributed by atoms with van der Waals surface area (Å²) in [5.41, 5.74) is 3.69. The van der Waals surface area contributed by atoms with Crippen LogP contribution in [0.25, 0.3) is 0 Å². The largest absolute Gasteiger partial charge is 0.469 e. The van der Waals surface area contributed by atoms with Crippen molar-refractivity contribution in [3.63, 3.8) is 0 Å². The van der Waals surface area contributed by atoms with Crippen LogP contribution in [-0.4, -0.2) is 4.98 Å². The highest BCUT2D eigenvalue weighted by molar-refractivity contribution is 5.29. The molecule has 2 heterocycles. The van der Waals surface area contributed by atoms with E-state index in [0.717, 1.165) is 43.6 Å². The SMILES string of the molecule is O=c1ccc2c([nH]1)CCCC2NC1CCCc2occc21. The minimum Gasteiger partial charge on any atom is -0.469 e. The fraction of sp³-hybridized carbons (Fsp3) is 0.471. The summed E-state index contributed by atoms with van der Waals surface area (Å²) in [7, 11) is 0. The Balaban J connectivity index is 1.61. The number of hydrogen-bond donors (Lipinski definition) is 2. The van der Waals surface area contributed by atoms with Gasteiger partial charge in [0, 0.05) is 35.8 Å². The molecule has 21 heavy (non-hydrogen) atoms. The first-order valence-electron chi connectivity index (χ1n) is 7.85. The monoisotopic (exact) mass is 284 g/mol.